The molecule has 2 nitrogen and oxygen atoms in total. The van der Waals surface area contributed by atoms with Gasteiger partial charge >= 0.3 is 0 Å². The van der Waals surface area contributed by atoms with Crippen molar-refractivity contribution in [2.75, 3.05) is 6.61 Å². The largest absolute Gasteiger partial charge is 0.518 e. The molecule has 0 saturated heterocycles. The number of hydrogen-bond donors (Lipinski definition) is 3. The van der Waals surface area contributed by atoms with Crippen molar-refractivity contribution in [3.05, 3.63) is 0 Å². The molecule has 0 aliphatic heterocycles. The molecule has 0 aromatic heterocycles. The fraction of sp³-hybridized carbons (Fsp3) is 0.933. The molecule has 2 atom stereocenters. The molecule has 0 spiro atoms. The Morgan fingerprint density at radius 3 is 2.16 bits per heavy atom. The van der Waals surface area contributed by atoms with Crippen LogP contribution >= 0.6 is 12.6 Å². The quantitative estimate of drug-likeness (QED) is 0.309. The molecule has 19 heavy (non-hydrogen) atoms. The normalized spacial score (nSPS) is 16.1. The molecule has 4 heteroatoms. The van der Waals surface area contributed by atoms with Gasteiger partial charge in [0.1, 0.15) is 0 Å². The molecule has 0 rings (SSSR count). The second-order valence-corrected chi connectivity index (χ2v) is 9.26. The van der Waals surface area contributed by atoms with Gasteiger partial charge in [0.25, 0.3) is 0 Å². The summed E-state index contributed by atoms with van der Waals surface area (Å²) in [7, 11) is -0.981. The topological polar surface area (TPSA) is 40.5 Å². The van der Waals surface area contributed by atoms with E-state index in [-0.39, 0.29) is 12.5 Å². The molecule has 0 aliphatic rings. The fourth-order valence-electron chi connectivity index (χ4n) is 2.16. The van der Waals surface area contributed by atoms with Gasteiger partial charge in [0.05, 0.1) is 20.4 Å². The van der Waals surface area contributed by atoms with Gasteiger partial charge < -0.3 is 10.2 Å². The average Bonchev–Trinajstić information content (AvgIpc) is 2.43. The Kier molecular flexibility index (Phi) is 12.1. The molecule has 0 radical (unpaired) electrons. The summed E-state index contributed by atoms with van der Waals surface area (Å²) in [4.78, 5) is 0.301. The molecule has 0 aromatic carbocycles. The Bertz CT molecular complexity index is 257. The molecule has 114 valence electrons. The number of rotatable bonds is 11. The van der Waals surface area contributed by atoms with Crippen LogP contribution in [0.1, 0.15) is 65.2 Å². The Morgan fingerprint density at radius 1 is 1.11 bits per heavy atom. The second-order valence-electron chi connectivity index (χ2n) is 5.58. The highest BCUT2D eigenvalue weighted by molar-refractivity contribution is 7.82. The van der Waals surface area contributed by atoms with Crippen molar-refractivity contribution in [3.63, 3.8) is 0 Å². The third-order valence-electron chi connectivity index (χ3n) is 3.73. The van der Waals surface area contributed by atoms with E-state index in [1.54, 1.807) is 0 Å². The van der Waals surface area contributed by atoms with Crippen molar-refractivity contribution in [1.29, 1.82) is 0 Å². The van der Waals surface area contributed by atoms with Crippen LogP contribution in [0.15, 0.2) is 0 Å². The van der Waals surface area contributed by atoms with E-state index in [1.165, 1.54) is 44.9 Å². The minimum Gasteiger partial charge on any atom is -0.518 e. The van der Waals surface area contributed by atoms with Crippen LogP contribution in [-0.2, 0) is 0 Å². The first-order valence-corrected chi connectivity index (χ1v) is 10.3. The fourth-order valence-corrected chi connectivity index (χ4v) is 4.58. The SMILES string of the molecule is CCCCCCCCCC(S)/[Si](C)=C(/O)C(C)CO. The molecular formula is C15H32O2SSi. The van der Waals surface area contributed by atoms with Crippen molar-refractivity contribution in [3.8, 4) is 0 Å². The van der Waals surface area contributed by atoms with E-state index in [0.717, 1.165) is 6.42 Å². The molecule has 0 aromatic rings. The zero-order valence-electron chi connectivity index (χ0n) is 12.9. The zero-order chi connectivity index (χ0) is 14.7. The minimum atomic E-state index is -0.981. The monoisotopic (exact) mass is 304 g/mol. The average molecular weight is 305 g/mol. The number of unbranched alkanes of at least 4 members (excludes halogenated alkanes) is 6. The maximum atomic E-state index is 10.0. The van der Waals surface area contributed by atoms with Gasteiger partial charge in [-0.3, -0.25) is 0 Å². The summed E-state index contributed by atoms with van der Waals surface area (Å²) in [5.74, 6) is -0.0948. The van der Waals surface area contributed by atoms with Crippen molar-refractivity contribution in [2.24, 2.45) is 5.92 Å². The van der Waals surface area contributed by atoms with E-state index < -0.39 is 8.41 Å². The van der Waals surface area contributed by atoms with Gasteiger partial charge in [-0.2, -0.15) is 12.6 Å². The maximum absolute atomic E-state index is 10.0. The second kappa shape index (κ2) is 12.0. The van der Waals surface area contributed by atoms with Crippen LogP contribution in [0.25, 0.3) is 0 Å². The van der Waals surface area contributed by atoms with Crippen molar-refractivity contribution in [1.82, 2.24) is 0 Å². The van der Waals surface area contributed by atoms with Crippen LogP contribution in [0.2, 0.25) is 6.55 Å². The van der Waals surface area contributed by atoms with Gasteiger partial charge in [0.15, 0.2) is 0 Å². The molecule has 2 unspecified atom stereocenters. The molecular weight excluding hydrogens is 272 g/mol. The molecule has 0 saturated carbocycles. The smallest absolute Gasteiger partial charge is 0.0703 e. The predicted molar refractivity (Wildman–Crippen MR) is 90.2 cm³/mol. The molecule has 0 fully saturated rings. The summed E-state index contributed by atoms with van der Waals surface area (Å²) >= 11 is 4.64. The van der Waals surface area contributed by atoms with Crippen LogP contribution < -0.4 is 0 Å². The van der Waals surface area contributed by atoms with E-state index in [4.69, 9.17) is 5.11 Å². The van der Waals surface area contributed by atoms with Crippen LogP contribution in [0, 0.1) is 5.92 Å². The van der Waals surface area contributed by atoms with Crippen molar-refractivity contribution < 1.29 is 10.2 Å². The molecule has 0 aliphatic carbocycles. The summed E-state index contributed by atoms with van der Waals surface area (Å²) in [6.07, 6.45) is 10.3. The van der Waals surface area contributed by atoms with Crippen LogP contribution in [0.4, 0.5) is 0 Å². The highest BCUT2D eigenvalue weighted by Crippen LogP contribution is 2.13. The van der Waals surface area contributed by atoms with Gasteiger partial charge in [-0.25, -0.2) is 0 Å². The Hall–Kier alpha value is 0.197. The molecule has 0 amide bonds. The summed E-state index contributed by atoms with van der Waals surface area (Å²) in [5.41, 5.74) is 0. The van der Waals surface area contributed by atoms with Crippen LogP contribution in [0.3, 0.4) is 0 Å². The first-order valence-electron chi connectivity index (χ1n) is 7.73. The van der Waals surface area contributed by atoms with Gasteiger partial charge in [0.2, 0.25) is 0 Å². The van der Waals surface area contributed by atoms with Crippen LogP contribution in [0.5, 0.6) is 0 Å². The molecule has 0 bridgehead atoms. The Morgan fingerprint density at radius 2 is 1.63 bits per heavy atom. The van der Waals surface area contributed by atoms with Crippen molar-refractivity contribution in [2.45, 2.75) is 76.6 Å². The molecule has 2 N–H and O–H groups in total. The Balaban J connectivity index is 3.82. The number of aliphatic hydroxyl groups excluding tert-OH is 2. The van der Waals surface area contributed by atoms with E-state index in [1.807, 2.05) is 6.92 Å². The van der Waals surface area contributed by atoms with E-state index in [2.05, 4.69) is 26.1 Å². The predicted octanol–water partition coefficient (Wildman–Crippen LogP) is 3.80. The molecule has 0 heterocycles. The van der Waals surface area contributed by atoms with Gasteiger partial charge in [-0.15, -0.1) is 0 Å². The zero-order valence-corrected chi connectivity index (χ0v) is 14.8. The summed E-state index contributed by atoms with van der Waals surface area (Å²) < 4.78 is 0. The third kappa shape index (κ3) is 8.87. The van der Waals surface area contributed by atoms with E-state index >= 15 is 0 Å². The number of aliphatic hydroxyl groups is 2. The lowest BCUT2D eigenvalue weighted by Gasteiger charge is -2.16. The number of thiol groups is 1. The Labute approximate surface area is 126 Å². The lowest BCUT2D eigenvalue weighted by Crippen LogP contribution is -2.29. The minimum absolute atomic E-state index is 0.0335. The van der Waals surface area contributed by atoms with Crippen LogP contribution in [-0.4, -0.2) is 35.5 Å². The lowest BCUT2D eigenvalue weighted by atomic mass is 10.1. The summed E-state index contributed by atoms with van der Waals surface area (Å²) in [6.45, 7) is 6.25. The van der Waals surface area contributed by atoms with Gasteiger partial charge in [-0.05, 0) is 6.42 Å². The summed E-state index contributed by atoms with van der Waals surface area (Å²) in [6, 6.07) is 0. The number of hydrogen-bond acceptors (Lipinski definition) is 3. The van der Waals surface area contributed by atoms with Crippen molar-refractivity contribution >= 4 is 26.4 Å². The van der Waals surface area contributed by atoms with E-state index in [9.17, 15) is 5.11 Å². The highest BCUT2D eigenvalue weighted by atomic mass is 32.1. The first kappa shape index (κ1) is 19.2. The van der Waals surface area contributed by atoms with Gasteiger partial charge in [-0.1, -0.05) is 65.3 Å². The first-order chi connectivity index (χ1) is 9.04. The highest BCUT2D eigenvalue weighted by Gasteiger charge is 2.15. The maximum Gasteiger partial charge on any atom is 0.0703 e. The standard InChI is InChI=1S/C15H32O2SSi/c1-4-5-6-7-8-9-10-11-14(18)19(3)15(17)13(2)12-16/h13-14,16-18H,4-12H2,1-3H3/b19-15+. The van der Waals surface area contributed by atoms with Gasteiger partial charge in [0, 0.05) is 10.8 Å². The summed E-state index contributed by atoms with van der Waals surface area (Å²) in [5, 5.41) is 19.6. The van der Waals surface area contributed by atoms with E-state index in [0.29, 0.717) is 10.2 Å². The lowest BCUT2D eigenvalue weighted by molar-refractivity contribution is 0.259. The third-order valence-corrected chi connectivity index (χ3v) is 7.73.